The number of aryl methyl sites for hydroxylation is 2. The molecule has 3 rings (SSSR count). The van der Waals surface area contributed by atoms with Gasteiger partial charge in [-0.1, -0.05) is 12.1 Å². The van der Waals surface area contributed by atoms with Gasteiger partial charge in [0.05, 0.1) is 14.2 Å². The van der Waals surface area contributed by atoms with Crippen LogP contribution in [0.4, 0.5) is 5.69 Å². The zero-order chi connectivity index (χ0) is 19.9. The minimum Gasteiger partial charge on any atom is -0.493 e. The highest BCUT2D eigenvalue weighted by molar-refractivity contribution is 5.91. The summed E-state index contributed by atoms with van der Waals surface area (Å²) in [7, 11) is 5.33. The molecule has 28 heavy (non-hydrogen) atoms. The molecule has 1 amide bonds. The van der Waals surface area contributed by atoms with Crippen LogP contribution in [0.3, 0.4) is 0 Å². The van der Waals surface area contributed by atoms with Crippen molar-refractivity contribution in [2.24, 2.45) is 0 Å². The van der Waals surface area contributed by atoms with Crippen LogP contribution in [0.25, 0.3) is 0 Å². The predicted molar refractivity (Wildman–Crippen MR) is 112 cm³/mol. The Morgan fingerprint density at radius 3 is 2.57 bits per heavy atom. The minimum absolute atomic E-state index is 0.0657. The Balaban J connectivity index is 1.42. The Bertz CT molecular complexity index is 819. The number of fused-ring (bicyclic) bond motifs is 1. The molecule has 0 spiro atoms. The summed E-state index contributed by atoms with van der Waals surface area (Å²) in [6.07, 6.45) is 4.88. The van der Waals surface area contributed by atoms with Crippen molar-refractivity contribution >= 4 is 11.6 Å². The Labute approximate surface area is 167 Å². The summed E-state index contributed by atoms with van der Waals surface area (Å²) in [6.45, 7) is 1.60. The van der Waals surface area contributed by atoms with E-state index in [9.17, 15) is 4.79 Å². The normalized spacial score (nSPS) is 12.7. The molecule has 2 aromatic rings. The van der Waals surface area contributed by atoms with Gasteiger partial charge in [-0.05, 0) is 73.7 Å². The van der Waals surface area contributed by atoms with Crippen molar-refractivity contribution < 1.29 is 14.3 Å². The van der Waals surface area contributed by atoms with Crippen molar-refractivity contribution in [3.8, 4) is 11.5 Å². The Morgan fingerprint density at radius 1 is 1.00 bits per heavy atom. The molecule has 0 saturated carbocycles. The van der Waals surface area contributed by atoms with Gasteiger partial charge in [0.15, 0.2) is 11.5 Å². The number of hydrogen-bond acceptors (Lipinski definition) is 4. The lowest BCUT2D eigenvalue weighted by Crippen LogP contribution is -2.26. The number of likely N-dealkylation sites (N-methyl/N-ethyl adjacent to an activating group) is 1. The maximum absolute atomic E-state index is 12.3. The van der Waals surface area contributed by atoms with Crippen molar-refractivity contribution in [2.45, 2.75) is 32.1 Å². The van der Waals surface area contributed by atoms with E-state index in [4.69, 9.17) is 9.47 Å². The maximum atomic E-state index is 12.3. The second-order valence-electron chi connectivity index (χ2n) is 7.38. The number of carbonyl (C=O) groups excluding carboxylic acids is 1. The largest absolute Gasteiger partial charge is 0.493 e. The lowest BCUT2D eigenvalue weighted by molar-refractivity contribution is -0.116. The van der Waals surface area contributed by atoms with Crippen molar-refractivity contribution in [3.05, 3.63) is 53.1 Å². The van der Waals surface area contributed by atoms with Crippen molar-refractivity contribution in [1.29, 1.82) is 0 Å². The van der Waals surface area contributed by atoms with Gasteiger partial charge in [-0.15, -0.1) is 0 Å². The van der Waals surface area contributed by atoms with Crippen LogP contribution in [-0.4, -0.2) is 45.2 Å². The predicted octanol–water partition coefficient (Wildman–Crippen LogP) is 3.70. The molecule has 0 atom stereocenters. The third kappa shape index (κ3) is 5.26. The van der Waals surface area contributed by atoms with Gasteiger partial charge >= 0.3 is 0 Å². The number of benzene rings is 2. The highest BCUT2D eigenvalue weighted by atomic mass is 16.5. The molecule has 0 heterocycles. The highest BCUT2D eigenvalue weighted by Gasteiger charge is 2.12. The first-order chi connectivity index (χ1) is 13.6. The number of anilines is 1. The summed E-state index contributed by atoms with van der Waals surface area (Å²) in [6, 6.07) is 12.3. The quantitative estimate of drug-likeness (QED) is 0.719. The zero-order valence-corrected chi connectivity index (χ0v) is 17.1. The third-order valence-electron chi connectivity index (χ3n) is 5.33. The summed E-state index contributed by atoms with van der Waals surface area (Å²) in [5, 5.41) is 3.03. The number of rotatable bonds is 9. The van der Waals surface area contributed by atoms with Crippen LogP contribution in [0.2, 0.25) is 0 Å². The molecule has 1 aliphatic rings. The lowest BCUT2D eigenvalue weighted by Gasteiger charge is -2.17. The van der Waals surface area contributed by atoms with E-state index in [1.54, 1.807) is 14.2 Å². The smallest absolute Gasteiger partial charge is 0.225 e. The zero-order valence-electron chi connectivity index (χ0n) is 17.1. The molecule has 0 unspecified atom stereocenters. The Morgan fingerprint density at radius 2 is 1.79 bits per heavy atom. The van der Waals surface area contributed by atoms with E-state index in [0.717, 1.165) is 49.5 Å². The van der Waals surface area contributed by atoms with E-state index in [-0.39, 0.29) is 5.91 Å². The second kappa shape index (κ2) is 9.60. The molecule has 5 heteroatoms. The topological polar surface area (TPSA) is 50.8 Å². The number of amides is 1. The average molecular weight is 383 g/mol. The number of methoxy groups -OCH3 is 2. The van der Waals surface area contributed by atoms with Crippen LogP contribution in [0, 0.1) is 0 Å². The SMILES string of the molecule is COc1ccc(CCN(C)CCC(=O)Nc2ccc3c(c2)CCC3)cc1OC. The second-order valence-corrected chi connectivity index (χ2v) is 7.38. The molecule has 0 aromatic heterocycles. The van der Waals surface area contributed by atoms with Crippen molar-refractivity contribution in [2.75, 3.05) is 39.7 Å². The molecule has 5 nitrogen and oxygen atoms in total. The number of nitrogens with one attached hydrogen (secondary N) is 1. The number of nitrogens with zero attached hydrogens (tertiary/aromatic N) is 1. The van der Waals surface area contributed by atoms with E-state index in [2.05, 4.69) is 28.4 Å². The summed E-state index contributed by atoms with van der Waals surface area (Å²) in [5.41, 5.74) is 4.91. The lowest BCUT2D eigenvalue weighted by atomic mass is 10.1. The molecule has 0 fully saturated rings. The summed E-state index contributed by atoms with van der Waals surface area (Å²) >= 11 is 0. The fraction of sp³-hybridized carbons (Fsp3) is 0.435. The molecular weight excluding hydrogens is 352 g/mol. The minimum atomic E-state index is 0.0657. The van der Waals surface area contributed by atoms with Gasteiger partial charge in [0.25, 0.3) is 0 Å². The molecule has 0 saturated heterocycles. The van der Waals surface area contributed by atoms with E-state index in [1.807, 2.05) is 25.2 Å². The maximum Gasteiger partial charge on any atom is 0.225 e. The van der Waals surface area contributed by atoms with Crippen LogP contribution in [0.1, 0.15) is 29.5 Å². The van der Waals surface area contributed by atoms with Gasteiger partial charge in [0.2, 0.25) is 5.91 Å². The molecule has 1 aliphatic carbocycles. The van der Waals surface area contributed by atoms with Crippen LogP contribution < -0.4 is 14.8 Å². The molecule has 1 N–H and O–H groups in total. The summed E-state index contributed by atoms with van der Waals surface area (Å²) < 4.78 is 10.6. The van der Waals surface area contributed by atoms with Gasteiger partial charge in [-0.3, -0.25) is 4.79 Å². The van der Waals surface area contributed by atoms with Crippen molar-refractivity contribution in [3.63, 3.8) is 0 Å². The fourth-order valence-corrected chi connectivity index (χ4v) is 3.63. The van der Waals surface area contributed by atoms with E-state index >= 15 is 0 Å². The van der Waals surface area contributed by atoms with E-state index < -0.39 is 0 Å². The van der Waals surface area contributed by atoms with Crippen molar-refractivity contribution in [1.82, 2.24) is 4.90 Å². The Hall–Kier alpha value is -2.53. The van der Waals surface area contributed by atoms with Crippen LogP contribution in [0.15, 0.2) is 36.4 Å². The first-order valence-corrected chi connectivity index (χ1v) is 9.90. The number of ether oxygens (including phenoxy) is 2. The summed E-state index contributed by atoms with van der Waals surface area (Å²) in [4.78, 5) is 14.5. The van der Waals surface area contributed by atoms with E-state index in [1.165, 1.54) is 23.1 Å². The van der Waals surface area contributed by atoms with Crippen LogP contribution >= 0.6 is 0 Å². The molecule has 150 valence electrons. The van der Waals surface area contributed by atoms with Crippen LogP contribution in [-0.2, 0) is 24.1 Å². The van der Waals surface area contributed by atoms with Gasteiger partial charge in [-0.2, -0.15) is 0 Å². The Kier molecular flexibility index (Phi) is 6.93. The van der Waals surface area contributed by atoms with Gasteiger partial charge in [0, 0.05) is 25.2 Å². The molecule has 0 bridgehead atoms. The third-order valence-corrected chi connectivity index (χ3v) is 5.33. The molecule has 2 aromatic carbocycles. The van der Waals surface area contributed by atoms with Gasteiger partial charge in [-0.25, -0.2) is 0 Å². The average Bonchev–Trinajstić information content (AvgIpc) is 3.18. The summed E-state index contributed by atoms with van der Waals surface area (Å²) in [5.74, 6) is 1.55. The monoisotopic (exact) mass is 382 g/mol. The highest BCUT2D eigenvalue weighted by Crippen LogP contribution is 2.28. The number of carbonyl (C=O) groups is 1. The molecule has 0 radical (unpaired) electrons. The molecule has 0 aliphatic heterocycles. The van der Waals surface area contributed by atoms with Gasteiger partial charge in [0.1, 0.15) is 0 Å². The molecular formula is C23H30N2O3. The van der Waals surface area contributed by atoms with E-state index in [0.29, 0.717) is 6.42 Å². The first-order valence-electron chi connectivity index (χ1n) is 9.90. The fourth-order valence-electron chi connectivity index (χ4n) is 3.63. The van der Waals surface area contributed by atoms with Gasteiger partial charge < -0.3 is 19.7 Å². The number of hydrogen-bond donors (Lipinski definition) is 1. The standard InChI is InChI=1S/C23H30N2O3/c1-25(13-11-17-7-10-21(27-2)22(15-17)28-3)14-12-23(26)24-20-9-8-18-5-4-6-19(18)16-20/h7-10,15-16H,4-6,11-14H2,1-3H3,(H,24,26). The first kappa shape index (κ1) is 20.2. The van der Waals surface area contributed by atoms with Crippen LogP contribution in [0.5, 0.6) is 11.5 Å².